The van der Waals surface area contributed by atoms with Crippen LogP contribution in [0.25, 0.3) is 0 Å². The fraction of sp³-hybridized carbons (Fsp3) is 0.536. The first-order valence-electron chi connectivity index (χ1n) is 12.4. The van der Waals surface area contributed by atoms with Gasteiger partial charge in [-0.1, -0.05) is 26.0 Å². The first-order valence-corrected chi connectivity index (χ1v) is 12.4. The fourth-order valence-corrected chi connectivity index (χ4v) is 5.98. The van der Waals surface area contributed by atoms with Gasteiger partial charge in [0.05, 0.1) is 5.92 Å². The molecule has 0 bridgehead atoms. The highest BCUT2D eigenvalue weighted by molar-refractivity contribution is 5.85. The minimum atomic E-state index is -1.58. The van der Waals surface area contributed by atoms with Gasteiger partial charge in [-0.3, -0.25) is 9.69 Å². The van der Waals surface area contributed by atoms with Gasteiger partial charge in [0.15, 0.2) is 0 Å². The standard InChI is InChI=1S/C28H34F4N2O2.ClH/c1-16-12-33(13-17(2)28(16,36)23-9-7-19(30)11-25(23)32)26(35)22-15-34(27(3,4)5)14-21(22)20-8-6-18(29)10-24(20)31;/h6-11,16-17,21-22,36H,12-15H2,1-5H3;1H/t16-,17+,21-,22+,28+;/m0./s1. The van der Waals surface area contributed by atoms with Crippen molar-refractivity contribution in [1.29, 1.82) is 0 Å². The smallest absolute Gasteiger partial charge is 0.227 e. The maximum atomic E-state index is 14.8. The molecule has 204 valence electrons. The second-order valence-electron chi connectivity index (χ2n) is 11.4. The summed E-state index contributed by atoms with van der Waals surface area (Å²) in [5, 5.41) is 11.6. The molecule has 2 aliphatic rings. The second kappa shape index (κ2) is 10.5. The molecule has 2 heterocycles. The number of amides is 1. The van der Waals surface area contributed by atoms with E-state index in [0.717, 1.165) is 18.2 Å². The zero-order valence-corrected chi connectivity index (χ0v) is 22.6. The van der Waals surface area contributed by atoms with E-state index >= 15 is 0 Å². The molecule has 2 fully saturated rings. The Morgan fingerprint density at radius 1 is 0.892 bits per heavy atom. The molecule has 0 saturated carbocycles. The monoisotopic (exact) mass is 542 g/mol. The maximum absolute atomic E-state index is 14.8. The maximum Gasteiger partial charge on any atom is 0.227 e. The van der Waals surface area contributed by atoms with Crippen molar-refractivity contribution in [3.63, 3.8) is 0 Å². The molecule has 0 radical (unpaired) electrons. The summed E-state index contributed by atoms with van der Waals surface area (Å²) in [7, 11) is 0. The van der Waals surface area contributed by atoms with Gasteiger partial charge in [0.25, 0.3) is 0 Å². The van der Waals surface area contributed by atoms with Crippen molar-refractivity contribution in [1.82, 2.24) is 9.80 Å². The highest BCUT2D eigenvalue weighted by Gasteiger charge is 2.51. The van der Waals surface area contributed by atoms with Gasteiger partial charge in [0, 0.05) is 67.2 Å². The van der Waals surface area contributed by atoms with E-state index in [2.05, 4.69) is 4.90 Å². The number of carbonyl (C=O) groups is 1. The van der Waals surface area contributed by atoms with Crippen LogP contribution >= 0.6 is 12.4 Å². The van der Waals surface area contributed by atoms with Crippen molar-refractivity contribution in [3.05, 3.63) is 70.8 Å². The molecular formula is C28H35ClF4N2O2. The predicted octanol–water partition coefficient (Wildman–Crippen LogP) is 5.48. The van der Waals surface area contributed by atoms with Gasteiger partial charge in [-0.2, -0.15) is 0 Å². The molecule has 2 saturated heterocycles. The zero-order chi connectivity index (χ0) is 26.6. The van der Waals surface area contributed by atoms with Crippen LogP contribution in [0, 0.1) is 41.0 Å². The number of hydrogen-bond donors (Lipinski definition) is 1. The van der Waals surface area contributed by atoms with E-state index in [4.69, 9.17) is 0 Å². The third kappa shape index (κ3) is 5.38. The molecule has 9 heteroatoms. The number of likely N-dealkylation sites (tertiary alicyclic amines) is 2. The van der Waals surface area contributed by atoms with Crippen LogP contribution in [0.4, 0.5) is 17.6 Å². The molecule has 1 amide bonds. The predicted molar refractivity (Wildman–Crippen MR) is 136 cm³/mol. The van der Waals surface area contributed by atoms with Crippen LogP contribution in [0.15, 0.2) is 36.4 Å². The summed E-state index contributed by atoms with van der Waals surface area (Å²) < 4.78 is 56.5. The van der Waals surface area contributed by atoms with E-state index in [1.807, 2.05) is 20.8 Å². The summed E-state index contributed by atoms with van der Waals surface area (Å²) in [4.78, 5) is 17.7. The molecule has 0 aromatic heterocycles. The van der Waals surface area contributed by atoms with Crippen LogP contribution in [0.1, 0.15) is 51.7 Å². The Morgan fingerprint density at radius 3 is 1.95 bits per heavy atom. The van der Waals surface area contributed by atoms with E-state index in [0.29, 0.717) is 18.7 Å². The molecule has 0 aliphatic carbocycles. The van der Waals surface area contributed by atoms with Crippen LogP contribution in [0.3, 0.4) is 0 Å². The Labute approximate surface area is 222 Å². The summed E-state index contributed by atoms with van der Waals surface area (Å²) in [6.45, 7) is 10.8. The van der Waals surface area contributed by atoms with Crippen molar-refractivity contribution in [2.45, 2.75) is 51.7 Å². The SMILES string of the molecule is C[C@@H]1CN(C(=O)[C@@H]2CN(C(C)(C)C)C[C@H]2c2ccc(F)cc2F)C[C@H](C)[C@]1(O)c1ccc(F)cc1F.Cl. The van der Waals surface area contributed by atoms with E-state index in [-0.39, 0.29) is 42.5 Å². The lowest BCUT2D eigenvalue weighted by Crippen LogP contribution is -2.57. The van der Waals surface area contributed by atoms with Crippen molar-refractivity contribution in [2.75, 3.05) is 26.2 Å². The summed E-state index contributed by atoms with van der Waals surface area (Å²) >= 11 is 0. The molecule has 5 atom stereocenters. The number of nitrogens with zero attached hydrogens (tertiary/aromatic N) is 2. The highest BCUT2D eigenvalue weighted by Crippen LogP contribution is 2.44. The summed E-state index contributed by atoms with van der Waals surface area (Å²) in [5.74, 6) is -5.15. The Morgan fingerprint density at radius 2 is 1.43 bits per heavy atom. The van der Waals surface area contributed by atoms with Gasteiger partial charge in [0.1, 0.15) is 28.9 Å². The van der Waals surface area contributed by atoms with Crippen LogP contribution < -0.4 is 0 Å². The number of aliphatic hydroxyl groups is 1. The van der Waals surface area contributed by atoms with Crippen molar-refractivity contribution >= 4 is 18.3 Å². The van der Waals surface area contributed by atoms with Crippen LogP contribution in [0.5, 0.6) is 0 Å². The van der Waals surface area contributed by atoms with E-state index < -0.39 is 52.5 Å². The van der Waals surface area contributed by atoms with Crippen molar-refractivity contribution < 1.29 is 27.5 Å². The van der Waals surface area contributed by atoms with E-state index in [1.165, 1.54) is 18.2 Å². The Bertz CT molecular complexity index is 1140. The zero-order valence-electron chi connectivity index (χ0n) is 21.8. The molecule has 2 aliphatic heterocycles. The minimum absolute atomic E-state index is 0. The van der Waals surface area contributed by atoms with Crippen molar-refractivity contribution in [3.8, 4) is 0 Å². The number of benzene rings is 2. The van der Waals surface area contributed by atoms with Gasteiger partial charge < -0.3 is 10.0 Å². The lowest BCUT2D eigenvalue weighted by Gasteiger charge is -2.48. The molecule has 1 N–H and O–H groups in total. The lowest BCUT2D eigenvalue weighted by molar-refractivity contribution is -0.153. The van der Waals surface area contributed by atoms with Crippen LogP contribution in [-0.4, -0.2) is 52.5 Å². The number of halogens is 5. The molecule has 0 unspecified atom stereocenters. The number of rotatable bonds is 3. The molecule has 2 aromatic rings. The van der Waals surface area contributed by atoms with Gasteiger partial charge in [-0.15, -0.1) is 12.4 Å². The van der Waals surface area contributed by atoms with Crippen molar-refractivity contribution in [2.24, 2.45) is 17.8 Å². The summed E-state index contributed by atoms with van der Waals surface area (Å²) in [6, 6.07) is 6.61. The van der Waals surface area contributed by atoms with Gasteiger partial charge in [0.2, 0.25) is 5.91 Å². The number of carbonyl (C=O) groups excluding carboxylic acids is 1. The Kier molecular flexibility index (Phi) is 8.38. The van der Waals surface area contributed by atoms with Gasteiger partial charge in [-0.05, 0) is 38.5 Å². The van der Waals surface area contributed by atoms with Gasteiger partial charge in [-0.25, -0.2) is 17.6 Å². The minimum Gasteiger partial charge on any atom is -0.384 e. The molecule has 0 spiro atoms. The third-order valence-electron chi connectivity index (χ3n) is 8.11. The largest absolute Gasteiger partial charge is 0.384 e. The normalized spacial score (nSPS) is 28.8. The van der Waals surface area contributed by atoms with Crippen LogP contribution in [-0.2, 0) is 10.4 Å². The third-order valence-corrected chi connectivity index (χ3v) is 8.11. The summed E-state index contributed by atoms with van der Waals surface area (Å²) in [5.41, 5.74) is -1.51. The molecular weight excluding hydrogens is 508 g/mol. The van der Waals surface area contributed by atoms with Gasteiger partial charge >= 0.3 is 0 Å². The van der Waals surface area contributed by atoms with E-state index in [9.17, 15) is 27.5 Å². The average molecular weight is 543 g/mol. The quantitative estimate of drug-likeness (QED) is 0.522. The molecule has 2 aromatic carbocycles. The Balaban J connectivity index is 0.00000380. The molecule has 37 heavy (non-hydrogen) atoms. The first-order chi connectivity index (χ1) is 16.7. The highest BCUT2D eigenvalue weighted by atomic mass is 35.5. The Hall–Kier alpha value is -2.16. The van der Waals surface area contributed by atoms with E-state index in [1.54, 1.807) is 18.7 Å². The summed E-state index contributed by atoms with van der Waals surface area (Å²) in [6.07, 6.45) is 0. The second-order valence-corrected chi connectivity index (χ2v) is 11.4. The molecule has 4 rings (SSSR count). The topological polar surface area (TPSA) is 43.8 Å². The average Bonchev–Trinajstić information content (AvgIpc) is 3.22. The fourth-order valence-electron chi connectivity index (χ4n) is 5.98. The number of piperidine rings is 1. The number of hydrogen-bond acceptors (Lipinski definition) is 3. The first kappa shape index (κ1) is 29.4. The lowest BCUT2D eigenvalue weighted by atomic mass is 9.70. The van der Waals surface area contributed by atoms with Crippen LogP contribution in [0.2, 0.25) is 0 Å². The molecule has 4 nitrogen and oxygen atoms in total.